The third-order valence-electron chi connectivity index (χ3n) is 17.3. The highest BCUT2D eigenvalue weighted by atomic mass is 15.1. The van der Waals surface area contributed by atoms with Gasteiger partial charge < -0.3 is 4.90 Å². The number of benzene rings is 11. The summed E-state index contributed by atoms with van der Waals surface area (Å²) >= 11 is 0. The summed E-state index contributed by atoms with van der Waals surface area (Å²) in [6.07, 6.45) is 0. The third kappa shape index (κ3) is 5.33. The molecule has 0 saturated carbocycles. The van der Waals surface area contributed by atoms with Crippen LogP contribution in [0.2, 0.25) is 0 Å². The highest BCUT2D eigenvalue weighted by Crippen LogP contribution is 2.64. The van der Waals surface area contributed by atoms with E-state index in [-0.39, 0.29) is 10.8 Å². The van der Waals surface area contributed by atoms with Crippen molar-refractivity contribution in [3.05, 3.63) is 281 Å². The monoisotopic (exact) mass is 917 g/mol. The molecule has 1 heteroatoms. The largest absolute Gasteiger partial charge is 0.310 e. The molecule has 0 aromatic heterocycles. The minimum absolute atomic E-state index is 0.160. The van der Waals surface area contributed by atoms with E-state index in [4.69, 9.17) is 0 Å². The van der Waals surface area contributed by atoms with E-state index in [1.165, 1.54) is 122 Å². The first-order valence-electron chi connectivity index (χ1n) is 25.6. The van der Waals surface area contributed by atoms with Crippen molar-refractivity contribution in [3.8, 4) is 66.8 Å². The maximum Gasteiger partial charge on any atom is 0.0726 e. The number of fused-ring (bicyclic) bond motifs is 18. The molecule has 0 fully saturated rings. The topological polar surface area (TPSA) is 3.24 Å². The molecule has 0 bridgehead atoms. The fraction of sp³-hybridized carbons (Fsp3) is 0.0986. The van der Waals surface area contributed by atoms with Crippen LogP contribution in [0.5, 0.6) is 0 Å². The van der Waals surface area contributed by atoms with Crippen LogP contribution in [0.25, 0.3) is 77.5 Å². The predicted molar refractivity (Wildman–Crippen MR) is 301 cm³/mol. The van der Waals surface area contributed by atoms with Gasteiger partial charge >= 0.3 is 0 Å². The van der Waals surface area contributed by atoms with E-state index in [1.54, 1.807) is 0 Å². The van der Waals surface area contributed by atoms with Gasteiger partial charge in [-0.3, -0.25) is 0 Å². The SMILES string of the molecule is CC1(C)c2ccccc2-c2ccc(N(c3ccc(-c4c5c(c6ccccc6c4-c4ccccc4)C(C)(C)c4ccccc4-5)cc3)c3ccc4c(c3)C3(c5ccccc5-c5ccccc53)c3ccccc3-4)cc21. The fourth-order valence-corrected chi connectivity index (χ4v) is 14.2. The molecular formula is C71H51N. The van der Waals surface area contributed by atoms with Crippen molar-refractivity contribution >= 4 is 27.8 Å². The summed E-state index contributed by atoms with van der Waals surface area (Å²) in [5.74, 6) is 0. The van der Waals surface area contributed by atoms with Gasteiger partial charge in [-0.1, -0.05) is 228 Å². The van der Waals surface area contributed by atoms with Gasteiger partial charge in [0, 0.05) is 27.9 Å². The van der Waals surface area contributed by atoms with E-state index < -0.39 is 5.41 Å². The lowest BCUT2D eigenvalue weighted by Crippen LogP contribution is -2.26. The summed E-state index contributed by atoms with van der Waals surface area (Å²) in [5.41, 5.74) is 29.1. The molecule has 0 heterocycles. The van der Waals surface area contributed by atoms with Crippen molar-refractivity contribution < 1.29 is 0 Å². The quantitative estimate of drug-likeness (QED) is 0.166. The number of hydrogen-bond acceptors (Lipinski definition) is 1. The van der Waals surface area contributed by atoms with E-state index in [0.717, 1.165) is 17.1 Å². The van der Waals surface area contributed by atoms with Crippen LogP contribution in [0.15, 0.2) is 237 Å². The molecular weight excluding hydrogens is 867 g/mol. The Morgan fingerprint density at radius 2 is 0.667 bits per heavy atom. The molecule has 0 unspecified atom stereocenters. The van der Waals surface area contributed by atoms with Gasteiger partial charge in [0.2, 0.25) is 0 Å². The van der Waals surface area contributed by atoms with Gasteiger partial charge in [-0.05, 0) is 158 Å². The van der Waals surface area contributed by atoms with Crippen LogP contribution in [0.3, 0.4) is 0 Å². The number of nitrogens with zero attached hydrogens (tertiary/aromatic N) is 1. The number of hydrogen-bond donors (Lipinski definition) is 0. The Morgan fingerprint density at radius 1 is 0.264 bits per heavy atom. The molecule has 0 aliphatic heterocycles. The summed E-state index contributed by atoms with van der Waals surface area (Å²) in [6.45, 7) is 9.60. The minimum Gasteiger partial charge on any atom is -0.310 e. The molecule has 1 nitrogen and oxygen atoms in total. The number of rotatable bonds is 5. The Labute approximate surface area is 422 Å². The normalized spacial score (nSPS) is 15.0. The van der Waals surface area contributed by atoms with Crippen molar-refractivity contribution in [3.63, 3.8) is 0 Å². The fourth-order valence-electron chi connectivity index (χ4n) is 14.2. The standard InChI is InChI=1S/C71H51N/c1-69(2)58-29-15-10-22-49(58)53-40-38-47(42-63(53)69)72(48-39-41-54-52-25-13-19-33-62(52)71(64(54)43-48)60-31-17-11-23-50(60)51-24-12-18-32-61(51)71)46-36-34-45(35-37-46)66-65(44-20-6-5-7-21-44)55-26-8-9-27-56(55)68-67(66)57-28-14-16-30-59(57)70(68,3)4/h5-43H,1-4H3. The van der Waals surface area contributed by atoms with Crippen LogP contribution in [-0.2, 0) is 16.2 Å². The van der Waals surface area contributed by atoms with Gasteiger partial charge in [0.1, 0.15) is 0 Å². The van der Waals surface area contributed by atoms with Crippen LogP contribution in [0.1, 0.15) is 72.2 Å². The summed E-state index contributed by atoms with van der Waals surface area (Å²) in [7, 11) is 0. The molecule has 0 N–H and O–H groups in total. The molecule has 0 atom stereocenters. The maximum atomic E-state index is 2.53. The van der Waals surface area contributed by atoms with Crippen molar-refractivity contribution in [2.75, 3.05) is 4.90 Å². The Morgan fingerprint density at radius 3 is 1.25 bits per heavy atom. The van der Waals surface area contributed by atoms with E-state index in [0.29, 0.717) is 0 Å². The van der Waals surface area contributed by atoms with Crippen LogP contribution < -0.4 is 4.90 Å². The van der Waals surface area contributed by atoms with E-state index >= 15 is 0 Å². The Hall–Kier alpha value is -8.52. The first kappa shape index (κ1) is 41.3. The molecule has 1 spiro atoms. The zero-order valence-electron chi connectivity index (χ0n) is 41.0. The Balaban J connectivity index is 0.978. The summed E-state index contributed by atoms with van der Waals surface area (Å²) < 4.78 is 0. The van der Waals surface area contributed by atoms with Crippen LogP contribution in [0.4, 0.5) is 17.1 Å². The summed E-state index contributed by atoms with van der Waals surface area (Å²) in [4.78, 5) is 2.52. The summed E-state index contributed by atoms with van der Waals surface area (Å²) in [6, 6.07) is 89.6. The molecule has 4 aliphatic rings. The number of anilines is 3. The summed E-state index contributed by atoms with van der Waals surface area (Å²) in [5, 5.41) is 2.61. The molecule has 72 heavy (non-hydrogen) atoms. The van der Waals surface area contributed by atoms with Gasteiger partial charge in [0.15, 0.2) is 0 Å². The second-order valence-electron chi connectivity index (χ2n) is 21.5. The van der Waals surface area contributed by atoms with Gasteiger partial charge in [-0.15, -0.1) is 0 Å². The molecule has 340 valence electrons. The lowest BCUT2D eigenvalue weighted by atomic mass is 9.70. The van der Waals surface area contributed by atoms with Crippen molar-refractivity contribution in [1.82, 2.24) is 0 Å². The zero-order chi connectivity index (χ0) is 48.1. The highest BCUT2D eigenvalue weighted by molar-refractivity contribution is 6.14. The Kier molecular flexibility index (Phi) is 8.46. The average molecular weight is 918 g/mol. The molecule has 11 aromatic carbocycles. The smallest absolute Gasteiger partial charge is 0.0726 e. The van der Waals surface area contributed by atoms with Gasteiger partial charge in [-0.25, -0.2) is 0 Å². The lowest BCUT2D eigenvalue weighted by molar-refractivity contribution is 0.660. The minimum atomic E-state index is -0.458. The Bertz CT molecular complexity index is 4030. The van der Waals surface area contributed by atoms with Crippen molar-refractivity contribution in [1.29, 1.82) is 0 Å². The van der Waals surface area contributed by atoms with Crippen LogP contribution in [0, 0.1) is 0 Å². The average Bonchev–Trinajstić information content (AvgIpc) is 4.06. The molecule has 15 rings (SSSR count). The van der Waals surface area contributed by atoms with Gasteiger partial charge in [-0.2, -0.15) is 0 Å². The van der Waals surface area contributed by atoms with E-state index in [2.05, 4.69) is 269 Å². The first-order chi connectivity index (χ1) is 35.3. The molecule has 0 radical (unpaired) electrons. The lowest BCUT2D eigenvalue weighted by Gasteiger charge is -2.32. The van der Waals surface area contributed by atoms with Crippen molar-refractivity contribution in [2.24, 2.45) is 0 Å². The predicted octanol–water partition coefficient (Wildman–Crippen LogP) is 18.6. The van der Waals surface area contributed by atoms with E-state index in [9.17, 15) is 0 Å². The first-order valence-corrected chi connectivity index (χ1v) is 25.6. The van der Waals surface area contributed by atoms with Crippen LogP contribution >= 0.6 is 0 Å². The maximum absolute atomic E-state index is 2.53. The molecule has 11 aromatic rings. The highest BCUT2D eigenvalue weighted by Gasteiger charge is 2.52. The van der Waals surface area contributed by atoms with Crippen LogP contribution in [-0.4, -0.2) is 0 Å². The van der Waals surface area contributed by atoms with Gasteiger partial charge in [0.25, 0.3) is 0 Å². The van der Waals surface area contributed by atoms with Crippen molar-refractivity contribution in [2.45, 2.75) is 43.9 Å². The molecule has 0 saturated heterocycles. The third-order valence-corrected chi connectivity index (χ3v) is 17.3. The molecule has 4 aliphatic carbocycles. The zero-order valence-corrected chi connectivity index (χ0v) is 41.0. The molecule has 0 amide bonds. The second-order valence-corrected chi connectivity index (χ2v) is 21.5. The second kappa shape index (κ2) is 14.8. The van der Waals surface area contributed by atoms with E-state index in [1.807, 2.05) is 0 Å². The van der Waals surface area contributed by atoms with Gasteiger partial charge in [0.05, 0.1) is 5.41 Å².